The highest BCUT2D eigenvalue weighted by Crippen LogP contribution is 2.16. The maximum Gasteiger partial charge on any atom is 0.0779 e. The van der Waals surface area contributed by atoms with Crippen LogP contribution in [0.15, 0.2) is 140 Å². The maximum atomic E-state index is 2.49. The minimum Gasteiger partial charge on any atom is -0.0656 e. The van der Waals surface area contributed by atoms with Crippen molar-refractivity contribution in [3.8, 4) is 0 Å². The second-order valence-electron chi connectivity index (χ2n) is 36.9. The van der Waals surface area contributed by atoms with Crippen LogP contribution in [-0.4, -0.2) is 80.7 Å². The van der Waals surface area contributed by atoms with Crippen LogP contribution in [0.4, 0.5) is 0 Å². The summed E-state index contributed by atoms with van der Waals surface area (Å²) in [7, 11) is -11.3. The molecule has 0 saturated heterocycles. The van der Waals surface area contributed by atoms with E-state index in [2.05, 4.69) is 398 Å². The predicted molar refractivity (Wildman–Crippen MR) is 458 cm³/mol. The minimum atomic E-state index is -1.17. The van der Waals surface area contributed by atoms with Gasteiger partial charge in [0.15, 0.2) is 0 Å². The summed E-state index contributed by atoms with van der Waals surface area (Å²) < 4.78 is 0. The van der Waals surface area contributed by atoms with Gasteiger partial charge < -0.3 is 0 Å². The van der Waals surface area contributed by atoms with Crippen LogP contribution in [-0.2, 0) is 0 Å². The topological polar surface area (TPSA) is 0 Å². The lowest BCUT2D eigenvalue weighted by Gasteiger charge is -2.26. The molecule has 504 valence electrons. The standard InChI is InChI=1S/3C13H24Si2.C12H20Si.3C10H16Si/c1-11-8-12(14(2,3)4)10-13(9-11)15(5,6)7;1-11-8-9-12(14(2,3)4)10-13(11)15(5,6)7;1-11-12(14(2,3)4)9-8-10-13(11)15(5,6)7;1-9-7-12(13(4,5)6)8-10(2)11(9)3;1-9-5-7-10(8-6-9)11(2,3)4;1-9-6-5-7-10(8-9)11(2,3)4;1-9-7-5-6-8-10(9)11(2,3)4/h3*8-10H,1-7H3;7-8H,1-6H3;3*5-8H,1-4H3. The lowest BCUT2D eigenvalue weighted by molar-refractivity contribution is 1.27. The number of rotatable bonds is 10. The molecule has 91 heavy (non-hydrogen) atoms. The molecule has 0 radical (unpaired) electrons. The van der Waals surface area contributed by atoms with E-state index in [0.717, 1.165) is 0 Å². The van der Waals surface area contributed by atoms with E-state index < -0.39 is 80.7 Å². The highest BCUT2D eigenvalue weighted by molar-refractivity contribution is 6.94. The Morgan fingerprint density at radius 2 is 0.473 bits per heavy atom. The molecule has 0 bridgehead atoms. The lowest BCUT2D eigenvalue weighted by Crippen LogP contribution is -2.48. The van der Waals surface area contributed by atoms with Crippen molar-refractivity contribution >= 4 is 133 Å². The molecule has 0 heterocycles. The molecule has 7 aromatic rings. The Morgan fingerprint density at radius 1 is 0.165 bits per heavy atom. The molecule has 7 rings (SSSR count). The first-order chi connectivity index (χ1) is 40.7. The molecule has 0 aliphatic rings. The van der Waals surface area contributed by atoms with Gasteiger partial charge in [0.1, 0.15) is 0 Å². The highest BCUT2D eigenvalue weighted by atomic mass is 28.3. The summed E-state index contributed by atoms with van der Waals surface area (Å²) in [5.41, 5.74) is 13.0. The highest BCUT2D eigenvalue weighted by Gasteiger charge is 2.27. The monoisotopic (exact) mass is 1390 g/mol. The molecule has 0 nitrogen and oxygen atoms in total. The van der Waals surface area contributed by atoms with E-state index in [9.17, 15) is 0 Å². The van der Waals surface area contributed by atoms with Gasteiger partial charge in [-0.15, -0.1) is 0 Å². The van der Waals surface area contributed by atoms with E-state index in [1.807, 2.05) is 0 Å². The first kappa shape index (κ1) is 85.7. The van der Waals surface area contributed by atoms with Crippen molar-refractivity contribution in [3.05, 3.63) is 190 Å². The van der Waals surface area contributed by atoms with Gasteiger partial charge in [-0.05, 0) is 79.0 Å². The average molecular weight is 1390 g/mol. The molecule has 0 aliphatic heterocycles. The Bertz CT molecular complexity index is 3270. The van der Waals surface area contributed by atoms with Crippen LogP contribution in [0.1, 0.15) is 50.1 Å². The molecule has 0 amide bonds. The third-order valence-corrected chi connectivity index (χ3v) is 38.1. The van der Waals surface area contributed by atoms with Gasteiger partial charge in [0, 0.05) is 0 Å². The fourth-order valence-corrected chi connectivity index (χ4v) is 26.1. The molecule has 7 aromatic carbocycles. The van der Waals surface area contributed by atoms with Crippen LogP contribution >= 0.6 is 0 Å². The summed E-state index contributed by atoms with van der Waals surface area (Å²) in [5, 5.41) is 16.0. The van der Waals surface area contributed by atoms with Crippen molar-refractivity contribution in [2.24, 2.45) is 0 Å². The van der Waals surface area contributed by atoms with Crippen molar-refractivity contribution < 1.29 is 0 Å². The van der Waals surface area contributed by atoms with Crippen LogP contribution in [0, 0.1) is 62.3 Å². The third-order valence-electron chi connectivity index (χ3n) is 17.2. The zero-order chi connectivity index (χ0) is 71.2. The summed E-state index contributed by atoms with van der Waals surface area (Å²) in [6, 6.07) is 52.6. The van der Waals surface area contributed by atoms with Crippen LogP contribution in [0.5, 0.6) is 0 Å². The van der Waals surface area contributed by atoms with Crippen molar-refractivity contribution in [2.75, 3.05) is 0 Å². The average Bonchev–Trinajstić information content (AvgIpc) is 0.848. The van der Waals surface area contributed by atoms with Crippen LogP contribution in [0.25, 0.3) is 0 Å². The van der Waals surface area contributed by atoms with Gasteiger partial charge in [0.25, 0.3) is 0 Å². The van der Waals surface area contributed by atoms with E-state index in [0.29, 0.717) is 0 Å². The molecule has 0 aliphatic carbocycles. The second kappa shape index (κ2) is 34.1. The third kappa shape index (κ3) is 30.6. The van der Waals surface area contributed by atoms with Gasteiger partial charge in [0.2, 0.25) is 0 Å². The Kier molecular flexibility index (Phi) is 32.1. The summed E-state index contributed by atoms with van der Waals surface area (Å²) in [6.45, 7) is 92.3. The molecular weight excluding hydrogens is 1250 g/mol. The van der Waals surface area contributed by atoms with Gasteiger partial charge in [-0.3, -0.25) is 0 Å². The van der Waals surface area contributed by atoms with Gasteiger partial charge >= 0.3 is 0 Å². The Morgan fingerprint density at radius 3 is 0.802 bits per heavy atom. The SMILES string of the molecule is Cc1c([Si](C)(C)C)cccc1[Si](C)(C)C.Cc1cc([Si](C)(C)C)cc(C)c1C.Cc1cc([Si](C)(C)C)cc([Si](C)(C)C)c1.Cc1ccc([Si](C)(C)C)cc1.Cc1ccc([Si](C)(C)C)cc1[Si](C)(C)C.Cc1cccc([Si](C)(C)C)c1.Cc1ccccc1[Si](C)(C)C. The molecule has 0 aromatic heterocycles. The molecule has 0 fully saturated rings. The lowest BCUT2D eigenvalue weighted by atomic mass is 10.1. The van der Waals surface area contributed by atoms with E-state index in [-0.39, 0.29) is 0 Å². The quantitative estimate of drug-likeness (QED) is 0.120. The van der Waals surface area contributed by atoms with E-state index in [1.165, 1.54) is 44.5 Å². The van der Waals surface area contributed by atoms with E-state index in [4.69, 9.17) is 0 Å². The van der Waals surface area contributed by atoms with Crippen LogP contribution < -0.4 is 51.9 Å². The number of hydrogen-bond acceptors (Lipinski definition) is 0. The zero-order valence-electron chi connectivity index (χ0n) is 66.8. The summed E-state index contributed by atoms with van der Waals surface area (Å²) in [4.78, 5) is 0. The van der Waals surface area contributed by atoms with Gasteiger partial charge in [0.05, 0.1) is 80.7 Å². The van der Waals surface area contributed by atoms with E-state index in [1.54, 1.807) is 57.4 Å². The molecular formula is C81H140Si10. The molecule has 0 unspecified atom stereocenters. The Balaban J connectivity index is 0.000000533. The van der Waals surface area contributed by atoms with Crippen molar-refractivity contribution in [2.45, 2.75) is 259 Å². The molecule has 0 saturated carbocycles. The molecule has 0 N–H and O–H groups in total. The van der Waals surface area contributed by atoms with Crippen molar-refractivity contribution in [1.82, 2.24) is 0 Å². The normalized spacial score (nSPS) is 12.3. The Hall–Kier alpha value is -3.29. The largest absolute Gasteiger partial charge is 0.0779 e. The zero-order valence-corrected chi connectivity index (χ0v) is 76.8. The summed E-state index contributed by atoms with van der Waals surface area (Å²) in [6.07, 6.45) is 0. The number of aryl methyl sites for hydroxylation is 7. The minimum absolute atomic E-state index is 1.06. The van der Waals surface area contributed by atoms with Crippen molar-refractivity contribution in [1.29, 1.82) is 0 Å². The Labute approximate surface area is 576 Å². The fraction of sp³-hybridized carbons (Fsp3) is 0.481. The van der Waals surface area contributed by atoms with Gasteiger partial charge in [-0.25, -0.2) is 0 Å². The summed E-state index contributed by atoms with van der Waals surface area (Å²) in [5.74, 6) is 0. The maximum absolute atomic E-state index is 2.49. The molecule has 0 spiro atoms. The number of hydrogen-bond donors (Lipinski definition) is 0. The second-order valence-corrected chi connectivity index (χ2v) is 87.5. The van der Waals surface area contributed by atoms with Gasteiger partial charge in [-0.1, -0.05) is 421 Å². The van der Waals surface area contributed by atoms with Crippen LogP contribution in [0.2, 0.25) is 196 Å². The predicted octanol–water partition coefficient (Wildman–Crippen LogP) is 20.0. The molecule has 0 atom stereocenters. The first-order valence-corrected chi connectivity index (χ1v) is 69.3. The van der Waals surface area contributed by atoms with Gasteiger partial charge in [-0.2, -0.15) is 0 Å². The number of benzene rings is 7. The first-order valence-electron chi connectivity index (χ1n) is 34.3. The van der Waals surface area contributed by atoms with E-state index >= 15 is 0 Å². The smallest absolute Gasteiger partial charge is 0.0656 e. The summed E-state index contributed by atoms with van der Waals surface area (Å²) >= 11 is 0. The van der Waals surface area contributed by atoms with Crippen LogP contribution in [0.3, 0.4) is 0 Å². The van der Waals surface area contributed by atoms with Crippen molar-refractivity contribution in [3.63, 3.8) is 0 Å². The fourth-order valence-electron chi connectivity index (χ4n) is 10.9. The molecule has 10 heteroatoms.